The van der Waals surface area contributed by atoms with E-state index >= 15 is 0 Å². The molecule has 1 fully saturated rings. The minimum atomic E-state index is 0.295. The highest BCUT2D eigenvalue weighted by molar-refractivity contribution is 6.32. The van der Waals surface area contributed by atoms with Gasteiger partial charge in [-0.05, 0) is 25.0 Å². The Labute approximate surface area is 157 Å². The predicted molar refractivity (Wildman–Crippen MR) is 102 cm³/mol. The lowest BCUT2D eigenvalue weighted by Crippen LogP contribution is -2.44. The van der Waals surface area contributed by atoms with Crippen molar-refractivity contribution in [2.45, 2.75) is 38.4 Å². The molecule has 0 spiro atoms. The SMILES string of the molecule is CN=C(NCc1nnc2n1CCC2)NC1CCN(c2ncccc2Cl)C1. The Bertz CT molecular complexity index is 802. The van der Waals surface area contributed by atoms with Crippen LogP contribution in [-0.2, 0) is 19.5 Å². The van der Waals surface area contributed by atoms with Gasteiger partial charge in [-0.3, -0.25) is 4.99 Å². The highest BCUT2D eigenvalue weighted by atomic mass is 35.5. The molecule has 2 aliphatic rings. The van der Waals surface area contributed by atoms with Crippen LogP contribution in [0, 0.1) is 0 Å². The van der Waals surface area contributed by atoms with Crippen LogP contribution < -0.4 is 15.5 Å². The number of guanidine groups is 1. The van der Waals surface area contributed by atoms with E-state index in [-0.39, 0.29) is 0 Å². The lowest BCUT2D eigenvalue weighted by Gasteiger charge is -2.20. The molecule has 1 saturated heterocycles. The molecule has 9 heteroatoms. The second kappa shape index (κ2) is 7.49. The van der Waals surface area contributed by atoms with Crippen molar-refractivity contribution in [3.05, 3.63) is 35.0 Å². The van der Waals surface area contributed by atoms with Gasteiger partial charge < -0.3 is 20.1 Å². The third-order valence-electron chi connectivity index (χ3n) is 4.89. The summed E-state index contributed by atoms with van der Waals surface area (Å²) in [6.45, 7) is 3.39. The minimum absolute atomic E-state index is 0.295. The number of hydrogen-bond donors (Lipinski definition) is 2. The zero-order valence-electron chi connectivity index (χ0n) is 14.8. The van der Waals surface area contributed by atoms with Gasteiger partial charge in [0.05, 0.1) is 11.6 Å². The molecule has 1 atom stereocenters. The molecule has 4 rings (SSSR count). The van der Waals surface area contributed by atoms with Crippen molar-refractivity contribution < 1.29 is 0 Å². The van der Waals surface area contributed by atoms with Crippen LogP contribution in [0.2, 0.25) is 5.02 Å². The van der Waals surface area contributed by atoms with E-state index in [1.54, 1.807) is 13.2 Å². The molecular formula is C17H23ClN8. The van der Waals surface area contributed by atoms with Crippen molar-refractivity contribution in [1.29, 1.82) is 0 Å². The number of fused-ring (bicyclic) bond motifs is 1. The molecule has 0 amide bonds. The van der Waals surface area contributed by atoms with Crippen molar-refractivity contribution in [3.63, 3.8) is 0 Å². The van der Waals surface area contributed by atoms with Crippen molar-refractivity contribution in [3.8, 4) is 0 Å². The summed E-state index contributed by atoms with van der Waals surface area (Å²) in [5.41, 5.74) is 0. The normalized spacial score (nSPS) is 19.7. The molecule has 2 aromatic rings. The van der Waals surface area contributed by atoms with Gasteiger partial charge in [-0.1, -0.05) is 11.6 Å². The Balaban J connectivity index is 1.32. The first kappa shape index (κ1) is 17.1. The van der Waals surface area contributed by atoms with E-state index in [0.29, 0.717) is 17.6 Å². The Kier molecular flexibility index (Phi) is 4.92. The van der Waals surface area contributed by atoms with Crippen LogP contribution in [0.1, 0.15) is 24.5 Å². The lowest BCUT2D eigenvalue weighted by atomic mass is 10.3. The van der Waals surface area contributed by atoms with Gasteiger partial charge >= 0.3 is 0 Å². The van der Waals surface area contributed by atoms with E-state index in [0.717, 1.165) is 62.3 Å². The third kappa shape index (κ3) is 3.46. The van der Waals surface area contributed by atoms with E-state index in [2.05, 4.69) is 40.3 Å². The number of aromatic nitrogens is 4. The minimum Gasteiger partial charge on any atom is -0.353 e. The van der Waals surface area contributed by atoms with Crippen LogP contribution in [0.3, 0.4) is 0 Å². The van der Waals surface area contributed by atoms with E-state index < -0.39 is 0 Å². The van der Waals surface area contributed by atoms with Crippen LogP contribution in [0.5, 0.6) is 0 Å². The number of rotatable bonds is 4. The molecule has 0 radical (unpaired) electrons. The van der Waals surface area contributed by atoms with Crippen LogP contribution in [0.15, 0.2) is 23.3 Å². The molecule has 0 bridgehead atoms. The van der Waals surface area contributed by atoms with Crippen LogP contribution in [-0.4, -0.2) is 51.9 Å². The van der Waals surface area contributed by atoms with Crippen molar-refractivity contribution >= 4 is 23.4 Å². The molecule has 2 N–H and O–H groups in total. The van der Waals surface area contributed by atoms with Crippen LogP contribution in [0.4, 0.5) is 5.82 Å². The number of nitrogens with one attached hydrogen (secondary N) is 2. The molecule has 138 valence electrons. The summed E-state index contributed by atoms with van der Waals surface area (Å²) < 4.78 is 2.20. The van der Waals surface area contributed by atoms with E-state index in [4.69, 9.17) is 11.6 Å². The van der Waals surface area contributed by atoms with Gasteiger partial charge in [-0.25, -0.2) is 4.98 Å². The third-order valence-corrected chi connectivity index (χ3v) is 5.19. The molecule has 26 heavy (non-hydrogen) atoms. The van der Waals surface area contributed by atoms with Crippen molar-refractivity contribution in [2.75, 3.05) is 25.0 Å². The smallest absolute Gasteiger partial charge is 0.191 e. The topological polar surface area (TPSA) is 83.3 Å². The largest absolute Gasteiger partial charge is 0.353 e. The number of aliphatic imine (C=N–C) groups is 1. The maximum Gasteiger partial charge on any atom is 0.191 e. The Hall–Kier alpha value is -2.35. The summed E-state index contributed by atoms with van der Waals surface area (Å²) in [5.74, 6) is 3.68. The van der Waals surface area contributed by atoms with E-state index in [1.807, 2.05) is 12.1 Å². The lowest BCUT2D eigenvalue weighted by molar-refractivity contribution is 0.629. The number of hydrogen-bond acceptors (Lipinski definition) is 5. The first-order chi connectivity index (χ1) is 12.7. The average molecular weight is 375 g/mol. The summed E-state index contributed by atoms with van der Waals surface area (Å²) in [5, 5.41) is 16.0. The van der Waals surface area contributed by atoms with Gasteiger partial charge in [0, 0.05) is 45.3 Å². The fourth-order valence-corrected chi connectivity index (χ4v) is 3.81. The summed E-state index contributed by atoms with van der Waals surface area (Å²) in [6.07, 6.45) is 4.96. The first-order valence-corrected chi connectivity index (χ1v) is 9.36. The summed E-state index contributed by atoms with van der Waals surface area (Å²) >= 11 is 6.26. The Morgan fingerprint density at radius 2 is 2.31 bits per heavy atom. The van der Waals surface area contributed by atoms with Gasteiger partial charge in [0.2, 0.25) is 0 Å². The van der Waals surface area contributed by atoms with E-state index in [9.17, 15) is 0 Å². The molecule has 1 unspecified atom stereocenters. The van der Waals surface area contributed by atoms with E-state index in [1.165, 1.54) is 0 Å². The summed E-state index contributed by atoms with van der Waals surface area (Å²) in [4.78, 5) is 10.9. The Morgan fingerprint density at radius 1 is 1.38 bits per heavy atom. The Morgan fingerprint density at radius 3 is 3.15 bits per heavy atom. The summed E-state index contributed by atoms with van der Waals surface area (Å²) in [6, 6.07) is 4.02. The molecular weight excluding hydrogens is 352 g/mol. The zero-order chi connectivity index (χ0) is 17.9. The van der Waals surface area contributed by atoms with Crippen molar-refractivity contribution in [1.82, 2.24) is 30.4 Å². The van der Waals surface area contributed by atoms with Crippen LogP contribution in [0.25, 0.3) is 0 Å². The van der Waals surface area contributed by atoms with Crippen LogP contribution >= 0.6 is 11.6 Å². The maximum absolute atomic E-state index is 6.26. The summed E-state index contributed by atoms with van der Waals surface area (Å²) in [7, 11) is 1.78. The van der Waals surface area contributed by atoms with Gasteiger partial charge in [-0.15, -0.1) is 10.2 Å². The second-order valence-electron chi connectivity index (χ2n) is 6.60. The quantitative estimate of drug-likeness (QED) is 0.618. The molecule has 8 nitrogen and oxygen atoms in total. The van der Waals surface area contributed by atoms with Crippen molar-refractivity contribution in [2.24, 2.45) is 4.99 Å². The molecule has 4 heterocycles. The standard InChI is InChI=1S/C17H23ClN8/c1-19-17(21-10-15-24-23-14-5-3-8-26(14)15)22-12-6-9-25(11-12)16-13(18)4-2-7-20-16/h2,4,7,12H,3,5-6,8-11H2,1H3,(H2,19,21,22). The van der Waals surface area contributed by atoms with Gasteiger partial charge in [0.1, 0.15) is 11.6 Å². The monoisotopic (exact) mass is 374 g/mol. The number of aryl methyl sites for hydroxylation is 1. The number of anilines is 1. The fraction of sp³-hybridized carbons (Fsp3) is 0.529. The molecule has 0 aromatic carbocycles. The molecule has 0 saturated carbocycles. The van der Waals surface area contributed by atoms with Gasteiger partial charge in [0.15, 0.2) is 11.8 Å². The second-order valence-corrected chi connectivity index (χ2v) is 7.01. The van der Waals surface area contributed by atoms with Gasteiger partial charge in [0.25, 0.3) is 0 Å². The zero-order valence-corrected chi connectivity index (χ0v) is 15.6. The average Bonchev–Trinajstić information content (AvgIpc) is 3.37. The molecule has 2 aromatic heterocycles. The molecule has 2 aliphatic heterocycles. The highest BCUT2D eigenvalue weighted by Crippen LogP contribution is 2.25. The first-order valence-electron chi connectivity index (χ1n) is 8.98. The fourth-order valence-electron chi connectivity index (χ4n) is 3.57. The number of halogens is 1. The number of nitrogens with zero attached hydrogens (tertiary/aromatic N) is 6. The highest BCUT2D eigenvalue weighted by Gasteiger charge is 2.25. The maximum atomic E-state index is 6.26. The molecule has 0 aliphatic carbocycles. The number of pyridine rings is 1. The van der Waals surface area contributed by atoms with Gasteiger partial charge in [-0.2, -0.15) is 0 Å². The predicted octanol–water partition coefficient (Wildman–Crippen LogP) is 1.22.